The Morgan fingerprint density at radius 2 is 2.00 bits per heavy atom. The van der Waals surface area contributed by atoms with E-state index in [2.05, 4.69) is 19.1 Å². The van der Waals surface area contributed by atoms with Crippen LogP contribution in [0.15, 0.2) is 24.3 Å². The van der Waals surface area contributed by atoms with E-state index in [-0.39, 0.29) is 18.6 Å². The zero-order valence-electron chi connectivity index (χ0n) is 7.46. The maximum Gasteiger partial charge on any atom is 0 e. The minimum Gasteiger partial charge on any atom is -0.184 e. The van der Waals surface area contributed by atoms with Gasteiger partial charge in [0.2, 0.25) is 0 Å². The van der Waals surface area contributed by atoms with Gasteiger partial charge >= 0.3 is 0 Å². The fraction of sp³-hybridized carbons (Fsp3) is 0.400. The first-order valence-electron chi connectivity index (χ1n) is 3.88. The van der Waals surface area contributed by atoms with Gasteiger partial charge in [0.05, 0.1) is 0 Å². The average Bonchev–Trinajstić information content (AvgIpc) is 2.10. The van der Waals surface area contributed by atoms with Crippen molar-refractivity contribution in [2.45, 2.75) is 27.2 Å². The third-order valence-electron chi connectivity index (χ3n) is 1.18. The minimum absolute atomic E-state index is 0. The molecular weight excluding hydrogens is 171 g/mol. The number of hydrogen-bond acceptors (Lipinski definition) is 0. The molecule has 0 saturated heterocycles. The summed E-state index contributed by atoms with van der Waals surface area (Å²) in [6.07, 6.45) is 1.11. The molecule has 0 saturated carbocycles. The van der Waals surface area contributed by atoms with Crippen molar-refractivity contribution in [2.24, 2.45) is 0 Å². The summed E-state index contributed by atoms with van der Waals surface area (Å²) < 4.78 is 0. The zero-order valence-corrected chi connectivity index (χ0v) is 8.86. The second-order valence-corrected chi connectivity index (χ2v) is 1.77. The van der Waals surface area contributed by atoms with E-state index in [1.54, 1.807) is 0 Å². The summed E-state index contributed by atoms with van der Waals surface area (Å²) in [5.41, 5.74) is 1.35. The monoisotopic (exact) mass is 186 g/mol. The van der Waals surface area contributed by atoms with E-state index >= 15 is 0 Å². The first kappa shape index (κ1) is 13.4. The first-order valence-corrected chi connectivity index (χ1v) is 3.88. The van der Waals surface area contributed by atoms with Crippen LogP contribution in [0.3, 0.4) is 0 Å². The predicted octanol–water partition coefficient (Wildman–Crippen LogP) is 3.07. The molecule has 0 spiro atoms. The van der Waals surface area contributed by atoms with Crippen LogP contribution in [0.4, 0.5) is 0 Å². The maximum atomic E-state index is 3.01. The molecule has 1 radical (unpaired) electrons. The molecule has 0 aliphatic rings. The fourth-order valence-corrected chi connectivity index (χ4v) is 0.650. The zero-order chi connectivity index (χ0) is 7.82. The van der Waals surface area contributed by atoms with Crippen molar-refractivity contribution >= 4 is 0 Å². The average molecular weight is 186 g/mol. The van der Waals surface area contributed by atoms with Crippen molar-refractivity contribution in [3.63, 3.8) is 0 Å². The summed E-state index contributed by atoms with van der Waals surface area (Å²) in [5.74, 6) is 0. The molecule has 0 aromatic heterocycles. The number of hydrogen-bond donors (Lipinski definition) is 0. The van der Waals surface area contributed by atoms with Crippen molar-refractivity contribution in [3.8, 4) is 0 Å². The van der Waals surface area contributed by atoms with E-state index in [1.165, 1.54) is 5.56 Å². The van der Waals surface area contributed by atoms with Crippen LogP contribution in [-0.2, 0) is 25.0 Å². The summed E-state index contributed by atoms with van der Waals surface area (Å²) in [7, 11) is 0. The first-order chi connectivity index (χ1) is 4.93. The van der Waals surface area contributed by atoms with Crippen molar-refractivity contribution in [2.75, 3.05) is 0 Å². The Bertz CT molecular complexity index is 146. The Kier molecular flexibility index (Phi) is 11.9. The van der Waals surface area contributed by atoms with Gasteiger partial charge in [-0.15, -0.1) is 0 Å². The number of benzene rings is 1. The molecule has 0 amide bonds. The Labute approximate surface area is 81.9 Å². The second kappa shape index (κ2) is 9.80. The van der Waals surface area contributed by atoms with Gasteiger partial charge in [-0.1, -0.05) is 27.2 Å². The molecular formula is C10H15V-. The van der Waals surface area contributed by atoms with E-state index < -0.39 is 0 Å². The molecule has 61 valence electrons. The predicted molar refractivity (Wildman–Crippen MR) is 46.0 cm³/mol. The van der Waals surface area contributed by atoms with Gasteiger partial charge in [0.15, 0.2) is 0 Å². The van der Waals surface area contributed by atoms with Gasteiger partial charge in [0, 0.05) is 18.6 Å². The van der Waals surface area contributed by atoms with Crippen molar-refractivity contribution in [1.82, 2.24) is 0 Å². The van der Waals surface area contributed by atoms with Gasteiger partial charge in [-0.2, -0.15) is 35.9 Å². The second-order valence-electron chi connectivity index (χ2n) is 1.77. The summed E-state index contributed by atoms with van der Waals surface area (Å²) in [5, 5.41) is 0. The molecule has 1 rings (SSSR count). The summed E-state index contributed by atoms with van der Waals surface area (Å²) in [4.78, 5) is 0. The standard InChI is InChI=1S/C8H9.C2H6.V/c1-2-8-6-4-3-5-7-8;1-2;/h3-4,6-7H,2H2,1H3;1-2H3;/q-1;;. The van der Waals surface area contributed by atoms with Crippen LogP contribution in [-0.4, -0.2) is 0 Å². The Hall–Kier alpha value is -0.196. The molecule has 1 aromatic carbocycles. The largest absolute Gasteiger partial charge is 0.184 e. The molecule has 0 N–H and O–H groups in total. The van der Waals surface area contributed by atoms with E-state index in [4.69, 9.17) is 0 Å². The topological polar surface area (TPSA) is 0 Å². The number of rotatable bonds is 1. The maximum absolute atomic E-state index is 3.01. The van der Waals surface area contributed by atoms with Crippen LogP contribution in [0.25, 0.3) is 0 Å². The quantitative estimate of drug-likeness (QED) is 0.591. The van der Waals surface area contributed by atoms with Gasteiger partial charge in [0.25, 0.3) is 0 Å². The molecule has 0 unspecified atom stereocenters. The van der Waals surface area contributed by atoms with Crippen molar-refractivity contribution in [3.05, 3.63) is 35.9 Å². The van der Waals surface area contributed by atoms with E-state index in [1.807, 2.05) is 32.0 Å². The Balaban J connectivity index is 0. The molecule has 0 nitrogen and oxygen atoms in total. The third kappa shape index (κ3) is 6.21. The Morgan fingerprint density at radius 1 is 1.36 bits per heavy atom. The van der Waals surface area contributed by atoms with Gasteiger partial charge in [0.1, 0.15) is 0 Å². The van der Waals surface area contributed by atoms with Gasteiger partial charge in [-0.3, -0.25) is 0 Å². The van der Waals surface area contributed by atoms with E-state index in [9.17, 15) is 0 Å². The molecule has 0 fully saturated rings. The van der Waals surface area contributed by atoms with Crippen LogP contribution < -0.4 is 0 Å². The van der Waals surface area contributed by atoms with Crippen molar-refractivity contribution < 1.29 is 18.6 Å². The molecule has 0 heterocycles. The molecule has 11 heavy (non-hydrogen) atoms. The summed E-state index contributed by atoms with van der Waals surface area (Å²) in [6, 6.07) is 11.1. The van der Waals surface area contributed by atoms with Gasteiger partial charge < -0.3 is 0 Å². The summed E-state index contributed by atoms with van der Waals surface area (Å²) in [6.45, 7) is 6.14. The molecule has 1 heteroatoms. The molecule has 0 aliphatic heterocycles. The number of aryl methyl sites for hydroxylation is 1. The van der Waals surface area contributed by atoms with Crippen LogP contribution in [0.2, 0.25) is 0 Å². The fourth-order valence-electron chi connectivity index (χ4n) is 0.650. The van der Waals surface area contributed by atoms with Crippen LogP contribution in [0.1, 0.15) is 26.3 Å². The third-order valence-corrected chi connectivity index (χ3v) is 1.18. The normalized spacial score (nSPS) is 7.18. The van der Waals surface area contributed by atoms with Crippen molar-refractivity contribution in [1.29, 1.82) is 0 Å². The minimum atomic E-state index is 0. The van der Waals surface area contributed by atoms with Gasteiger partial charge in [-0.25, -0.2) is 0 Å². The van der Waals surface area contributed by atoms with E-state index in [0.717, 1.165) is 6.42 Å². The van der Waals surface area contributed by atoms with Crippen LogP contribution in [0.5, 0.6) is 0 Å². The molecule has 0 atom stereocenters. The van der Waals surface area contributed by atoms with Crippen LogP contribution in [0, 0.1) is 6.07 Å². The summed E-state index contributed by atoms with van der Waals surface area (Å²) >= 11 is 0. The van der Waals surface area contributed by atoms with Gasteiger partial charge in [-0.05, 0) is 0 Å². The van der Waals surface area contributed by atoms with E-state index in [0.29, 0.717) is 0 Å². The molecule has 0 aliphatic carbocycles. The SMILES string of the molecule is CC.CCc1c[c-]ccc1.[V]. The Morgan fingerprint density at radius 3 is 2.27 bits per heavy atom. The van der Waals surface area contributed by atoms with Crippen LogP contribution >= 0.6 is 0 Å². The molecule has 0 bridgehead atoms. The molecule has 1 aromatic rings. The smallest absolute Gasteiger partial charge is 0 e.